The summed E-state index contributed by atoms with van der Waals surface area (Å²) >= 11 is 0. The Kier molecular flexibility index (Phi) is 3.61. The summed E-state index contributed by atoms with van der Waals surface area (Å²) in [6, 6.07) is 9.11. The Morgan fingerprint density at radius 2 is 1.79 bits per heavy atom. The first-order chi connectivity index (χ1) is 8.85. The molecule has 19 heavy (non-hydrogen) atoms. The van der Waals surface area contributed by atoms with E-state index in [1.165, 1.54) is 6.08 Å². The highest BCUT2D eigenvalue weighted by atomic mass is 16.5. The number of ketones is 1. The standard InChI is InChI=1S/C16H20NO2/c1-15(2)11-12-16(3,17(15)19)10-9-14(18)13-7-5-4-6-8-13/h4-10H,11-12H2,1-3H3/b10-9+. The van der Waals surface area contributed by atoms with Crippen LogP contribution in [0, 0.1) is 0 Å². The zero-order valence-electron chi connectivity index (χ0n) is 11.7. The molecule has 101 valence electrons. The van der Waals surface area contributed by atoms with E-state index in [4.69, 9.17) is 0 Å². The van der Waals surface area contributed by atoms with Gasteiger partial charge in [-0.3, -0.25) is 4.79 Å². The number of hydroxylamine groups is 2. The Morgan fingerprint density at radius 3 is 2.32 bits per heavy atom. The van der Waals surface area contributed by atoms with Gasteiger partial charge in [0.15, 0.2) is 5.78 Å². The number of allylic oxidation sites excluding steroid dienone is 1. The molecule has 1 atom stereocenters. The van der Waals surface area contributed by atoms with Crippen LogP contribution < -0.4 is 0 Å². The number of hydrogen-bond acceptors (Lipinski definition) is 2. The second-order valence-corrected chi connectivity index (χ2v) is 6.03. The van der Waals surface area contributed by atoms with E-state index in [1.54, 1.807) is 18.2 Å². The summed E-state index contributed by atoms with van der Waals surface area (Å²) < 4.78 is 0. The molecule has 1 fully saturated rings. The van der Waals surface area contributed by atoms with Gasteiger partial charge in [-0.15, -0.1) is 10.3 Å². The highest BCUT2D eigenvalue weighted by Crippen LogP contribution is 2.40. The zero-order valence-corrected chi connectivity index (χ0v) is 11.7. The van der Waals surface area contributed by atoms with Gasteiger partial charge in [0.05, 0.1) is 5.54 Å². The summed E-state index contributed by atoms with van der Waals surface area (Å²) in [6.07, 6.45) is 4.91. The molecule has 0 spiro atoms. The maximum Gasteiger partial charge on any atom is 0.185 e. The first kappa shape index (κ1) is 14.0. The minimum absolute atomic E-state index is 0.0556. The maximum absolute atomic E-state index is 12.3. The van der Waals surface area contributed by atoms with E-state index < -0.39 is 5.54 Å². The number of benzene rings is 1. The third-order valence-corrected chi connectivity index (χ3v) is 3.91. The highest BCUT2D eigenvalue weighted by Gasteiger charge is 2.46. The van der Waals surface area contributed by atoms with E-state index in [0.717, 1.165) is 17.9 Å². The second-order valence-electron chi connectivity index (χ2n) is 6.03. The van der Waals surface area contributed by atoms with Crippen LogP contribution in [0.5, 0.6) is 0 Å². The zero-order chi connectivity index (χ0) is 14.1. The van der Waals surface area contributed by atoms with Crippen molar-refractivity contribution in [3.8, 4) is 0 Å². The lowest BCUT2D eigenvalue weighted by Gasteiger charge is -2.32. The Labute approximate surface area is 114 Å². The van der Waals surface area contributed by atoms with Crippen molar-refractivity contribution in [3.05, 3.63) is 48.0 Å². The molecule has 3 heteroatoms. The number of rotatable bonds is 3. The van der Waals surface area contributed by atoms with Gasteiger partial charge in [-0.05, 0) is 39.7 Å². The van der Waals surface area contributed by atoms with Crippen molar-refractivity contribution in [2.45, 2.75) is 44.7 Å². The summed E-state index contributed by atoms with van der Waals surface area (Å²) in [5, 5.41) is 13.4. The largest absolute Gasteiger partial charge is 0.289 e. The van der Waals surface area contributed by atoms with Crippen molar-refractivity contribution in [2.24, 2.45) is 0 Å². The predicted molar refractivity (Wildman–Crippen MR) is 74.2 cm³/mol. The fourth-order valence-electron chi connectivity index (χ4n) is 2.56. The van der Waals surface area contributed by atoms with Gasteiger partial charge in [-0.2, -0.15) is 0 Å². The van der Waals surface area contributed by atoms with Gasteiger partial charge < -0.3 is 0 Å². The fraction of sp³-hybridized carbons (Fsp3) is 0.438. The molecule has 0 aromatic heterocycles. The van der Waals surface area contributed by atoms with Crippen LogP contribution in [-0.4, -0.2) is 21.9 Å². The average Bonchev–Trinajstić information content (AvgIpc) is 2.62. The van der Waals surface area contributed by atoms with Gasteiger partial charge in [0.25, 0.3) is 0 Å². The third kappa shape index (κ3) is 2.77. The molecule has 1 saturated heterocycles. The molecule has 1 aliphatic rings. The minimum Gasteiger partial charge on any atom is -0.289 e. The van der Waals surface area contributed by atoms with Crippen LogP contribution in [0.1, 0.15) is 44.0 Å². The van der Waals surface area contributed by atoms with E-state index in [-0.39, 0.29) is 11.3 Å². The molecule has 1 radical (unpaired) electrons. The van der Waals surface area contributed by atoms with Crippen molar-refractivity contribution >= 4 is 5.78 Å². The van der Waals surface area contributed by atoms with E-state index in [1.807, 2.05) is 39.0 Å². The molecule has 0 aliphatic carbocycles. The van der Waals surface area contributed by atoms with Crippen molar-refractivity contribution in [1.29, 1.82) is 0 Å². The number of carbonyl (C=O) groups is 1. The predicted octanol–water partition coefficient (Wildman–Crippen LogP) is 3.40. The van der Waals surface area contributed by atoms with Gasteiger partial charge in [0.2, 0.25) is 0 Å². The van der Waals surface area contributed by atoms with Gasteiger partial charge in [-0.25, -0.2) is 0 Å². The summed E-state index contributed by atoms with van der Waals surface area (Å²) in [5.41, 5.74) is -0.278. The lowest BCUT2D eigenvalue weighted by molar-refractivity contribution is -0.236. The normalized spacial score (nSPS) is 26.9. The summed E-state index contributed by atoms with van der Waals surface area (Å²) in [6.45, 7) is 5.78. The molecule has 3 nitrogen and oxygen atoms in total. The first-order valence-corrected chi connectivity index (χ1v) is 6.61. The van der Waals surface area contributed by atoms with Crippen LogP contribution in [0.2, 0.25) is 0 Å². The number of hydrogen-bond donors (Lipinski definition) is 0. The van der Waals surface area contributed by atoms with Crippen LogP contribution in [0.15, 0.2) is 42.5 Å². The molecule has 0 N–H and O–H groups in total. The quantitative estimate of drug-likeness (QED) is 0.615. The fourth-order valence-corrected chi connectivity index (χ4v) is 2.56. The smallest absolute Gasteiger partial charge is 0.185 e. The van der Waals surface area contributed by atoms with Crippen molar-refractivity contribution < 1.29 is 10.0 Å². The molecule has 1 heterocycles. The molecule has 2 rings (SSSR count). The molecule has 1 aromatic rings. The maximum atomic E-state index is 12.3. The van der Waals surface area contributed by atoms with Gasteiger partial charge in [0.1, 0.15) is 0 Å². The van der Waals surface area contributed by atoms with Crippen LogP contribution in [-0.2, 0) is 5.21 Å². The SMILES string of the molecule is CC1(C)CCC(C)(/C=C/C(=O)c2ccccc2)N1[O]. The molecular weight excluding hydrogens is 238 g/mol. The van der Waals surface area contributed by atoms with Gasteiger partial charge in [-0.1, -0.05) is 36.4 Å². The average molecular weight is 258 g/mol. The van der Waals surface area contributed by atoms with Crippen LogP contribution in [0.4, 0.5) is 0 Å². The van der Waals surface area contributed by atoms with Crippen molar-refractivity contribution in [3.63, 3.8) is 0 Å². The topological polar surface area (TPSA) is 40.2 Å². The van der Waals surface area contributed by atoms with Crippen LogP contribution in [0.3, 0.4) is 0 Å². The highest BCUT2D eigenvalue weighted by molar-refractivity contribution is 6.04. The van der Waals surface area contributed by atoms with E-state index in [2.05, 4.69) is 0 Å². The molecule has 0 bridgehead atoms. The van der Waals surface area contributed by atoms with Gasteiger partial charge in [0, 0.05) is 11.1 Å². The molecule has 0 saturated carbocycles. The molecule has 1 aromatic carbocycles. The Balaban J connectivity index is 2.13. The number of nitrogens with zero attached hydrogens (tertiary/aromatic N) is 1. The monoisotopic (exact) mass is 258 g/mol. The van der Waals surface area contributed by atoms with Crippen molar-refractivity contribution in [2.75, 3.05) is 0 Å². The Bertz CT molecular complexity index is 493. The Hall–Kier alpha value is -1.45. The summed E-state index contributed by atoms with van der Waals surface area (Å²) in [7, 11) is 0. The minimum atomic E-state index is -0.575. The molecule has 1 unspecified atom stereocenters. The molecule has 0 amide bonds. The Morgan fingerprint density at radius 1 is 1.16 bits per heavy atom. The molecule has 1 aliphatic heterocycles. The first-order valence-electron chi connectivity index (χ1n) is 6.61. The second kappa shape index (κ2) is 4.91. The van der Waals surface area contributed by atoms with Gasteiger partial charge >= 0.3 is 0 Å². The lowest BCUT2D eigenvalue weighted by atomic mass is 9.97. The van der Waals surface area contributed by atoms with Crippen LogP contribution in [0.25, 0.3) is 0 Å². The molecular formula is C16H20NO2. The van der Waals surface area contributed by atoms with E-state index in [9.17, 15) is 10.0 Å². The van der Waals surface area contributed by atoms with Crippen molar-refractivity contribution in [1.82, 2.24) is 5.06 Å². The van der Waals surface area contributed by atoms with E-state index in [0.29, 0.717) is 5.56 Å². The summed E-state index contributed by atoms with van der Waals surface area (Å²) in [5.74, 6) is -0.0556. The van der Waals surface area contributed by atoms with E-state index >= 15 is 0 Å². The number of carbonyl (C=O) groups excluding carboxylic acids is 1. The summed E-state index contributed by atoms with van der Waals surface area (Å²) in [4.78, 5) is 12.0. The lowest BCUT2D eigenvalue weighted by Crippen LogP contribution is -2.45. The van der Waals surface area contributed by atoms with Crippen LogP contribution >= 0.6 is 0 Å². The third-order valence-electron chi connectivity index (χ3n) is 3.91.